The summed E-state index contributed by atoms with van der Waals surface area (Å²) in [7, 11) is 0. The molecular weight excluding hydrogens is 311 g/mol. The summed E-state index contributed by atoms with van der Waals surface area (Å²) in [5.74, 6) is 1.19. The van der Waals surface area contributed by atoms with Crippen molar-refractivity contribution in [3.05, 3.63) is 35.2 Å². The molecule has 2 N–H and O–H groups in total. The number of hydrogen-bond donors (Lipinski definition) is 1. The minimum atomic E-state index is 0. The lowest BCUT2D eigenvalue weighted by Gasteiger charge is -2.29. The van der Waals surface area contributed by atoms with E-state index in [1.165, 1.54) is 0 Å². The normalized spacial score (nSPS) is 19.2. The predicted molar refractivity (Wildman–Crippen MR) is 84.5 cm³/mol. The van der Waals surface area contributed by atoms with E-state index in [4.69, 9.17) is 21.9 Å². The number of hydrogen-bond acceptors (Lipinski definition) is 5. The molecule has 1 aromatic carbocycles. The Balaban J connectivity index is 0.00000161. The molecule has 1 saturated heterocycles. The standard InChI is InChI=1S/C14H17ClN4O.ClH/c15-11-4-1-3-10(7-11)14-17-13(20-18-14)9-19-6-2-5-12(16)8-19;/h1,3-4,7,12H,2,5-6,8-9,16H2;1H. The van der Waals surface area contributed by atoms with E-state index in [9.17, 15) is 0 Å². The molecule has 2 aromatic rings. The van der Waals surface area contributed by atoms with Gasteiger partial charge in [-0.2, -0.15) is 4.98 Å². The third-order valence-electron chi connectivity index (χ3n) is 3.45. The number of aromatic nitrogens is 2. The number of likely N-dealkylation sites (tertiary alicyclic amines) is 1. The van der Waals surface area contributed by atoms with Gasteiger partial charge in [-0.05, 0) is 31.5 Å². The second-order valence-electron chi connectivity index (χ2n) is 5.16. The number of benzene rings is 1. The molecule has 21 heavy (non-hydrogen) atoms. The number of halogens is 2. The fourth-order valence-corrected chi connectivity index (χ4v) is 2.68. The minimum absolute atomic E-state index is 0. The maximum atomic E-state index is 5.97. The van der Waals surface area contributed by atoms with Crippen LogP contribution in [0.15, 0.2) is 28.8 Å². The summed E-state index contributed by atoms with van der Waals surface area (Å²) in [6.07, 6.45) is 2.21. The van der Waals surface area contributed by atoms with Gasteiger partial charge in [0.05, 0.1) is 6.54 Å². The Morgan fingerprint density at radius 1 is 1.43 bits per heavy atom. The van der Waals surface area contributed by atoms with Crippen molar-refractivity contribution >= 4 is 24.0 Å². The van der Waals surface area contributed by atoms with Gasteiger partial charge in [-0.1, -0.05) is 28.9 Å². The molecule has 0 saturated carbocycles. The maximum Gasteiger partial charge on any atom is 0.241 e. The Morgan fingerprint density at radius 3 is 3.05 bits per heavy atom. The smallest absolute Gasteiger partial charge is 0.241 e. The highest BCUT2D eigenvalue weighted by molar-refractivity contribution is 6.30. The molecule has 1 aliphatic heterocycles. The molecule has 0 spiro atoms. The Bertz CT molecular complexity index is 590. The summed E-state index contributed by atoms with van der Waals surface area (Å²) in [5, 5.41) is 4.67. The first kappa shape index (κ1) is 16.2. The molecule has 1 unspecified atom stereocenters. The van der Waals surface area contributed by atoms with Crippen molar-refractivity contribution in [1.82, 2.24) is 15.0 Å². The average molecular weight is 329 g/mol. The quantitative estimate of drug-likeness (QED) is 0.938. The Kier molecular flexibility index (Phi) is 5.58. The Labute approximate surface area is 134 Å². The average Bonchev–Trinajstić information content (AvgIpc) is 2.87. The summed E-state index contributed by atoms with van der Waals surface area (Å²) in [6.45, 7) is 2.57. The van der Waals surface area contributed by atoms with Crippen LogP contribution in [0.3, 0.4) is 0 Å². The molecule has 0 radical (unpaired) electrons. The Morgan fingerprint density at radius 2 is 2.29 bits per heavy atom. The number of piperidine rings is 1. The number of nitrogens with two attached hydrogens (primary N) is 1. The first-order valence-electron chi connectivity index (χ1n) is 6.77. The molecule has 0 amide bonds. The van der Waals surface area contributed by atoms with Crippen LogP contribution in [0.2, 0.25) is 5.02 Å². The van der Waals surface area contributed by atoms with Crippen LogP contribution in [0.25, 0.3) is 11.4 Å². The molecule has 1 aromatic heterocycles. The summed E-state index contributed by atoms with van der Waals surface area (Å²) < 4.78 is 5.31. The summed E-state index contributed by atoms with van der Waals surface area (Å²) >= 11 is 5.96. The Hall–Kier alpha value is -1.14. The van der Waals surface area contributed by atoms with E-state index in [2.05, 4.69) is 15.0 Å². The first-order valence-corrected chi connectivity index (χ1v) is 7.15. The van der Waals surface area contributed by atoms with Crippen LogP contribution in [0.5, 0.6) is 0 Å². The largest absolute Gasteiger partial charge is 0.338 e. The van der Waals surface area contributed by atoms with Crippen LogP contribution in [-0.2, 0) is 6.54 Å². The fraction of sp³-hybridized carbons (Fsp3) is 0.429. The molecule has 114 valence electrons. The molecule has 0 aliphatic carbocycles. The van der Waals surface area contributed by atoms with E-state index in [0.717, 1.165) is 31.5 Å². The molecular formula is C14H18Cl2N4O. The lowest BCUT2D eigenvalue weighted by Crippen LogP contribution is -2.42. The van der Waals surface area contributed by atoms with Crippen LogP contribution >= 0.6 is 24.0 Å². The number of rotatable bonds is 3. The van der Waals surface area contributed by atoms with Crippen LogP contribution in [0.4, 0.5) is 0 Å². The van der Waals surface area contributed by atoms with Crippen molar-refractivity contribution in [1.29, 1.82) is 0 Å². The molecule has 5 nitrogen and oxygen atoms in total. The molecule has 0 bridgehead atoms. The van der Waals surface area contributed by atoms with E-state index in [1.54, 1.807) is 0 Å². The van der Waals surface area contributed by atoms with Gasteiger partial charge in [-0.3, -0.25) is 4.90 Å². The fourth-order valence-electron chi connectivity index (χ4n) is 2.49. The van der Waals surface area contributed by atoms with E-state index < -0.39 is 0 Å². The monoisotopic (exact) mass is 328 g/mol. The molecule has 3 rings (SSSR count). The second kappa shape index (κ2) is 7.22. The van der Waals surface area contributed by atoms with Gasteiger partial charge in [-0.25, -0.2) is 0 Å². The van der Waals surface area contributed by atoms with Gasteiger partial charge < -0.3 is 10.3 Å². The van der Waals surface area contributed by atoms with E-state index in [1.807, 2.05) is 24.3 Å². The zero-order valence-electron chi connectivity index (χ0n) is 11.5. The van der Waals surface area contributed by atoms with Gasteiger partial charge in [0.15, 0.2) is 0 Å². The van der Waals surface area contributed by atoms with Crippen LogP contribution in [-0.4, -0.2) is 34.2 Å². The van der Waals surface area contributed by atoms with Crippen molar-refractivity contribution < 1.29 is 4.52 Å². The molecule has 1 fully saturated rings. The zero-order valence-corrected chi connectivity index (χ0v) is 13.1. The van der Waals surface area contributed by atoms with Gasteiger partial charge in [0, 0.05) is 23.2 Å². The molecule has 1 atom stereocenters. The lowest BCUT2D eigenvalue weighted by molar-refractivity contribution is 0.178. The predicted octanol–water partition coefficient (Wildman–Crippen LogP) is 2.73. The van der Waals surface area contributed by atoms with Gasteiger partial charge in [-0.15, -0.1) is 12.4 Å². The molecule has 2 heterocycles. The third kappa shape index (κ3) is 4.17. The van der Waals surface area contributed by atoms with Crippen molar-refractivity contribution in [2.75, 3.05) is 13.1 Å². The maximum absolute atomic E-state index is 5.97. The minimum Gasteiger partial charge on any atom is -0.338 e. The summed E-state index contributed by atoms with van der Waals surface area (Å²) in [4.78, 5) is 6.68. The SMILES string of the molecule is Cl.NC1CCCN(Cc2nc(-c3cccc(Cl)c3)no2)C1. The highest BCUT2D eigenvalue weighted by atomic mass is 35.5. The van der Waals surface area contributed by atoms with E-state index in [-0.39, 0.29) is 18.4 Å². The van der Waals surface area contributed by atoms with Crippen molar-refractivity contribution in [3.8, 4) is 11.4 Å². The van der Waals surface area contributed by atoms with Crippen LogP contribution < -0.4 is 5.73 Å². The molecule has 1 aliphatic rings. The van der Waals surface area contributed by atoms with Gasteiger partial charge >= 0.3 is 0 Å². The van der Waals surface area contributed by atoms with E-state index >= 15 is 0 Å². The first-order chi connectivity index (χ1) is 9.70. The number of nitrogens with zero attached hydrogens (tertiary/aromatic N) is 3. The highest BCUT2D eigenvalue weighted by Gasteiger charge is 2.19. The third-order valence-corrected chi connectivity index (χ3v) is 3.69. The van der Waals surface area contributed by atoms with Crippen LogP contribution in [0.1, 0.15) is 18.7 Å². The second-order valence-corrected chi connectivity index (χ2v) is 5.60. The molecule has 7 heteroatoms. The topological polar surface area (TPSA) is 68.2 Å². The van der Waals surface area contributed by atoms with Crippen molar-refractivity contribution in [2.45, 2.75) is 25.4 Å². The van der Waals surface area contributed by atoms with Crippen LogP contribution in [0, 0.1) is 0 Å². The highest BCUT2D eigenvalue weighted by Crippen LogP contribution is 2.20. The van der Waals surface area contributed by atoms with Crippen molar-refractivity contribution in [3.63, 3.8) is 0 Å². The van der Waals surface area contributed by atoms with Gasteiger partial charge in [0.2, 0.25) is 11.7 Å². The van der Waals surface area contributed by atoms with Crippen molar-refractivity contribution in [2.24, 2.45) is 5.73 Å². The van der Waals surface area contributed by atoms with Gasteiger partial charge in [0.1, 0.15) is 0 Å². The zero-order chi connectivity index (χ0) is 13.9. The lowest BCUT2D eigenvalue weighted by atomic mass is 10.1. The summed E-state index contributed by atoms with van der Waals surface area (Å²) in [6, 6.07) is 7.68. The van der Waals surface area contributed by atoms with Gasteiger partial charge in [0.25, 0.3) is 0 Å². The van der Waals surface area contributed by atoms with E-state index in [0.29, 0.717) is 23.3 Å². The summed E-state index contributed by atoms with van der Waals surface area (Å²) in [5.41, 5.74) is 6.83.